The Morgan fingerprint density at radius 2 is 2.25 bits per heavy atom. The number of piperidine rings is 1. The minimum absolute atomic E-state index is 0.0636. The van der Waals surface area contributed by atoms with E-state index >= 15 is 0 Å². The standard InChI is InChI=1S/C16H31N3O/c1-3-6-13(2)19-10-5-7-14(12-19)11-18-16(20)15-8-4-9-17-15/h13-15,17H,3-12H2,1-2H3,(H,18,20). The molecule has 2 aliphatic rings. The SMILES string of the molecule is CCCC(C)N1CCCC(CNC(=O)C2CCCN2)C1. The van der Waals surface area contributed by atoms with Crippen LogP contribution in [0.5, 0.6) is 0 Å². The summed E-state index contributed by atoms with van der Waals surface area (Å²) in [6.07, 6.45) is 7.20. The Labute approximate surface area is 123 Å². The van der Waals surface area contributed by atoms with E-state index in [4.69, 9.17) is 0 Å². The van der Waals surface area contributed by atoms with E-state index in [9.17, 15) is 4.79 Å². The molecule has 2 N–H and O–H groups in total. The first-order valence-corrected chi connectivity index (χ1v) is 8.45. The van der Waals surface area contributed by atoms with E-state index in [1.165, 1.54) is 32.2 Å². The van der Waals surface area contributed by atoms with Crippen LogP contribution in [0, 0.1) is 5.92 Å². The van der Waals surface area contributed by atoms with Crippen molar-refractivity contribution in [1.82, 2.24) is 15.5 Å². The summed E-state index contributed by atoms with van der Waals surface area (Å²) < 4.78 is 0. The van der Waals surface area contributed by atoms with Gasteiger partial charge in [-0.05, 0) is 58.0 Å². The molecule has 1 amide bonds. The fourth-order valence-electron chi connectivity index (χ4n) is 3.54. The summed E-state index contributed by atoms with van der Waals surface area (Å²) >= 11 is 0. The molecule has 4 heteroatoms. The Morgan fingerprint density at radius 3 is 2.95 bits per heavy atom. The largest absolute Gasteiger partial charge is 0.354 e. The van der Waals surface area contributed by atoms with Crippen molar-refractivity contribution in [3.63, 3.8) is 0 Å². The van der Waals surface area contributed by atoms with Gasteiger partial charge in [0, 0.05) is 19.1 Å². The van der Waals surface area contributed by atoms with Gasteiger partial charge in [0.15, 0.2) is 0 Å². The molecule has 0 aromatic rings. The van der Waals surface area contributed by atoms with E-state index in [-0.39, 0.29) is 11.9 Å². The number of hydrogen-bond acceptors (Lipinski definition) is 3. The van der Waals surface area contributed by atoms with Crippen LogP contribution >= 0.6 is 0 Å². The van der Waals surface area contributed by atoms with E-state index in [2.05, 4.69) is 29.4 Å². The maximum absolute atomic E-state index is 12.0. The third kappa shape index (κ3) is 4.45. The molecule has 20 heavy (non-hydrogen) atoms. The molecular weight excluding hydrogens is 250 g/mol. The number of amides is 1. The zero-order valence-corrected chi connectivity index (χ0v) is 13.2. The second kappa shape index (κ2) is 7.99. The van der Waals surface area contributed by atoms with Gasteiger partial charge in [0.1, 0.15) is 0 Å². The van der Waals surface area contributed by atoms with E-state index in [1.807, 2.05) is 0 Å². The molecule has 2 aliphatic heterocycles. The van der Waals surface area contributed by atoms with Gasteiger partial charge in [0.05, 0.1) is 6.04 Å². The Hall–Kier alpha value is -0.610. The summed E-state index contributed by atoms with van der Waals surface area (Å²) in [5, 5.41) is 6.42. The highest BCUT2D eigenvalue weighted by molar-refractivity contribution is 5.81. The van der Waals surface area contributed by atoms with Crippen molar-refractivity contribution < 1.29 is 4.79 Å². The van der Waals surface area contributed by atoms with Crippen LogP contribution in [0.4, 0.5) is 0 Å². The number of nitrogens with one attached hydrogen (secondary N) is 2. The first-order valence-electron chi connectivity index (χ1n) is 8.45. The molecule has 0 saturated carbocycles. The highest BCUT2D eigenvalue weighted by atomic mass is 16.2. The summed E-state index contributed by atoms with van der Waals surface area (Å²) in [7, 11) is 0. The third-order valence-electron chi connectivity index (χ3n) is 4.82. The summed E-state index contributed by atoms with van der Waals surface area (Å²) in [6.45, 7) is 8.82. The van der Waals surface area contributed by atoms with Crippen LogP contribution in [0.2, 0.25) is 0 Å². The predicted molar refractivity (Wildman–Crippen MR) is 82.7 cm³/mol. The molecule has 116 valence electrons. The number of carbonyl (C=O) groups is 1. The molecule has 2 heterocycles. The lowest BCUT2D eigenvalue weighted by Gasteiger charge is -2.37. The average Bonchev–Trinajstić information content (AvgIpc) is 2.99. The number of likely N-dealkylation sites (tertiary alicyclic amines) is 1. The van der Waals surface area contributed by atoms with Gasteiger partial charge in [-0.15, -0.1) is 0 Å². The molecule has 0 bridgehead atoms. The molecule has 0 aromatic heterocycles. The zero-order chi connectivity index (χ0) is 14.4. The van der Waals surface area contributed by atoms with Gasteiger partial charge in [0.2, 0.25) is 5.91 Å². The third-order valence-corrected chi connectivity index (χ3v) is 4.82. The summed E-state index contributed by atoms with van der Waals surface area (Å²) in [5.74, 6) is 0.842. The lowest BCUT2D eigenvalue weighted by molar-refractivity contribution is -0.123. The summed E-state index contributed by atoms with van der Waals surface area (Å²) in [4.78, 5) is 14.6. The highest BCUT2D eigenvalue weighted by Crippen LogP contribution is 2.19. The van der Waals surface area contributed by atoms with Crippen LogP contribution < -0.4 is 10.6 Å². The van der Waals surface area contributed by atoms with Crippen LogP contribution in [-0.4, -0.2) is 49.1 Å². The molecule has 0 aliphatic carbocycles. The molecule has 2 saturated heterocycles. The Bertz CT molecular complexity index is 302. The van der Waals surface area contributed by atoms with Gasteiger partial charge in [-0.2, -0.15) is 0 Å². The smallest absolute Gasteiger partial charge is 0.237 e. The van der Waals surface area contributed by atoms with Gasteiger partial charge >= 0.3 is 0 Å². The van der Waals surface area contributed by atoms with Gasteiger partial charge in [-0.25, -0.2) is 0 Å². The molecule has 2 fully saturated rings. The van der Waals surface area contributed by atoms with Gasteiger partial charge in [-0.3, -0.25) is 4.79 Å². The number of nitrogens with zero attached hydrogens (tertiary/aromatic N) is 1. The minimum Gasteiger partial charge on any atom is -0.354 e. The molecule has 2 rings (SSSR count). The van der Waals surface area contributed by atoms with Crippen molar-refractivity contribution in [2.75, 3.05) is 26.2 Å². The first-order chi connectivity index (χ1) is 9.70. The number of hydrogen-bond donors (Lipinski definition) is 2. The molecule has 3 atom stereocenters. The Morgan fingerprint density at radius 1 is 1.40 bits per heavy atom. The van der Waals surface area contributed by atoms with Crippen LogP contribution in [-0.2, 0) is 4.79 Å². The molecule has 3 unspecified atom stereocenters. The van der Waals surface area contributed by atoms with Crippen LogP contribution in [0.1, 0.15) is 52.4 Å². The lowest BCUT2D eigenvalue weighted by atomic mass is 9.96. The van der Waals surface area contributed by atoms with E-state index in [1.54, 1.807) is 0 Å². The second-order valence-corrected chi connectivity index (χ2v) is 6.53. The molecular formula is C16H31N3O. The van der Waals surface area contributed by atoms with Gasteiger partial charge < -0.3 is 15.5 Å². The van der Waals surface area contributed by atoms with Crippen molar-refractivity contribution in [3.8, 4) is 0 Å². The van der Waals surface area contributed by atoms with E-state index < -0.39 is 0 Å². The number of rotatable bonds is 6. The molecule has 0 aromatic carbocycles. The fraction of sp³-hybridized carbons (Fsp3) is 0.938. The van der Waals surface area contributed by atoms with Crippen molar-refractivity contribution in [2.24, 2.45) is 5.92 Å². The minimum atomic E-state index is 0.0636. The Balaban J connectivity index is 1.71. The van der Waals surface area contributed by atoms with Crippen molar-refractivity contribution in [1.29, 1.82) is 0 Å². The van der Waals surface area contributed by atoms with Crippen molar-refractivity contribution in [2.45, 2.75) is 64.5 Å². The summed E-state index contributed by atoms with van der Waals surface area (Å²) in [5.41, 5.74) is 0. The highest BCUT2D eigenvalue weighted by Gasteiger charge is 2.25. The van der Waals surface area contributed by atoms with E-state index in [0.29, 0.717) is 12.0 Å². The topological polar surface area (TPSA) is 44.4 Å². The zero-order valence-electron chi connectivity index (χ0n) is 13.2. The maximum Gasteiger partial charge on any atom is 0.237 e. The average molecular weight is 281 g/mol. The predicted octanol–water partition coefficient (Wildman–Crippen LogP) is 1.76. The maximum atomic E-state index is 12.0. The monoisotopic (exact) mass is 281 g/mol. The van der Waals surface area contributed by atoms with Crippen LogP contribution in [0.3, 0.4) is 0 Å². The molecule has 0 radical (unpaired) electrons. The van der Waals surface area contributed by atoms with Crippen molar-refractivity contribution in [3.05, 3.63) is 0 Å². The van der Waals surface area contributed by atoms with Crippen LogP contribution in [0.25, 0.3) is 0 Å². The Kier molecular flexibility index (Phi) is 6.30. The van der Waals surface area contributed by atoms with Gasteiger partial charge in [0.25, 0.3) is 0 Å². The lowest BCUT2D eigenvalue weighted by Crippen LogP contribution is -2.47. The first kappa shape index (κ1) is 15.8. The number of carbonyl (C=O) groups excluding carboxylic acids is 1. The van der Waals surface area contributed by atoms with Crippen LogP contribution in [0.15, 0.2) is 0 Å². The molecule has 4 nitrogen and oxygen atoms in total. The van der Waals surface area contributed by atoms with E-state index in [0.717, 1.165) is 32.5 Å². The van der Waals surface area contributed by atoms with Gasteiger partial charge in [-0.1, -0.05) is 13.3 Å². The fourth-order valence-corrected chi connectivity index (χ4v) is 3.54. The quantitative estimate of drug-likeness (QED) is 0.780. The molecule has 0 spiro atoms. The van der Waals surface area contributed by atoms with Crippen molar-refractivity contribution >= 4 is 5.91 Å². The summed E-state index contributed by atoms with van der Waals surface area (Å²) in [6, 6.07) is 0.753. The normalized spacial score (nSPS) is 29.3. The second-order valence-electron chi connectivity index (χ2n) is 6.53.